The van der Waals surface area contributed by atoms with E-state index in [-0.39, 0.29) is 24.2 Å². The number of rotatable bonds is 6. The first-order valence-corrected chi connectivity index (χ1v) is 17.6. The fourth-order valence-electron chi connectivity index (χ4n) is 6.95. The van der Waals surface area contributed by atoms with Crippen LogP contribution in [0.4, 0.5) is 24.8 Å². The maximum atomic E-state index is 12.7. The number of Topliss-reactive ketones (excluding diaryl/α,β-unsaturated/α-hetero) is 1. The third-order valence-electron chi connectivity index (χ3n) is 10.3. The monoisotopic (exact) mass is 747 g/mol. The summed E-state index contributed by atoms with van der Waals surface area (Å²) in [6.07, 6.45) is 4.56. The summed E-state index contributed by atoms with van der Waals surface area (Å²) in [6.45, 7) is 4.28. The summed E-state index contributed by atoms with van der Waals surface area (Å²) in [6, 6.07) is 4.34. The van der Waals surface area contributed by atoms with Gasteiger partial charge in [-0.1, -0.05) is 17.2 Å². The van der Waals surface area contributed by atoms with E-state index in [1.165, 1.54) is 19.1 Å². The van der Waals surface area contributed by atoms with Gasteiger partial charge in [-0.15, -0.1) is 0 Å². The number of halogens is 3. The van der Waals surface area contributed by atoms with Crippen LogP contribution >= 0.6 is 0 Å². The lowest BCUT2D eigenvalue weighted by Crippen LogP contribution is -2.31. The molecule has 0 bridgehead atoms. The number of carbonyl (C=O) groups is 2. The van der Waals surface area contributed by atoms with Gasteiger partial charge in [-0.2, -0.15) is 13.2 Å². The SMILES string of the molecule is CC1CC1N.O=C(CC1CC1C(F)(F)F)c1noc2c1CN(c1ncnc3[nH]ccc13)CC2.O=C(O)c1noc2c1CN(c1ncnc3[nH]ccc13)CC2. The predicted octanol–water partition coefficient (Wildman–Crippen LogP) is 4.84. The van der Waals surface area contributed by atoms with E-state index in [1.807, 2.05) is 21.9 Å². The Morgan fingerprint density at radius 1 is 0.870 bits per heavy atom. The second-order valence-corrected chi connectivity index (χ2v) is 14.0. The summed E-state index contributed by atoms with van der Waals surface area (Å²) in [7, 11) is 0. The highest BCUT2D eigenvalue weighted by Crippen LogP contribution is 2.52. The standard InChI is InChI=1S/C18H16F3N5O2.C13H11N5O3.C4H9N/c19-18(20,21)12-5-9(12)6-13(27)15-11-7-26(4-2-14(11)28-25-15)17-10-1-3-22-16(10)23-8-24-17;19-13(20)10-8-5-18(4-2-9(8)21-17-10)12-7-1-3-14-11(7)15-6-16-12;1-3-2-4(3)5/h1,3,8-9,12H,2,4-7H2,(H,22,23,24);1,3,6H,2,4-5H2,(H,19,20)(H,14,15,16);3-4H,2,5H2,1H3. The number of hydrogen-bond acceptors (Lipinski definition) is 13. The van der Waals surface area contributed by atoms with E-state index in [9.17, 15) is 22.8 Å². The van der Waals surface area contributed by atoms with Crippen LogP contribution in [0.5, 0.6) is 0 Å². The lowest BCUT2D eigenvalue weighted by atomic mass is 10.0. The number of carboxylic acids is 1. The Labute approximate surface area is 304 Å². The molecule has 6 aromatic rings. The summed E-state index contributed by atoms with van der Waals surface area (Å²) >= 11 is 0. The Bertz CT molecular complexity index is 2330. The smallest absolute Gasteiger partial charge is 0.392 e. The summed E-state index contributed by atoms with van der Waals surface area (Å²) in [5.74, 6) is 0.106. The van der Waals surface area contributed by atoms with E-state index in [1.54, 1.807) is 12.4 Å². The molecule has 0 aromatic carbocycles. The number of alkyl halides is 3. The van der Waals surface area contributed by atoms with E-state index in [0.717, 1.165) is 34.0 Å². The van der Waals surface area contributed by atoms with Crippen LogP contribution < -0.4 is 15.5 Å². The van der Waals surface area contributed by atoms with Crippen molar-refractivity contribution in [1.82, 2.24) is 40.2 Å². The van der Waals surface area contributed by atoms with Crippen LogP contribution in [0, 0.1) is 17.8 Å². The van der Waals surface area contributed by atoms with Gasteiger partial charge >= 0.3 is 12.1 Å². The molecule has 4 aliphatic rings. The van der Waals surface area contributed by atoms with Crippen LogP contribution in [-0.2, 0) is 25.9 Å². The van der Waals surface area contributed by atoms with Gasteiger partial charge in [-0.3, -0.25) is 4.79 Å². The number of nitrogens with one attached hydrogen (secondary N) is 2. The molecule has 6 aromatic heterocycles. The van der Waals surface area contributed by atoms with Crippen molar-refractivity contribution in [3.63, 3.8) is 0 Å². The first kappa shape index (κ1) is 35.2. The molecule has 282 valence electrons. The number of aromatic amines is 2. The molecular formula is C35H36F3N11O5. The quantitative estimate of drug-likeness (QED) is 0.168. The van der Waals surface area contributed by atoms with Crippen LogP contribution in [0.25, 0.3) is 22.1 Å². The highest BCUT2D eigenvalue weighted by molar-refractivity contribution is 5.96. The number of H-pyrrole nitrogens is 2. The lowest BCUT2D eigenvalue weighted by molar-refractivity contribution is -0.150. The van der Waals surface area contributed by atoms with Crippen molar-refractivity contribution in [2.45, 2.75) is 64.3 Å². The Balaban J connectivity index is 0.000000140. The lowest BCUT2D eigenvalue weighted by Gasteiger charge is -2.27. The van der Waals surface area contributed by atoms with Crippen LogP contribution in [0.15, 0.2) is 46.2 Å². The first-order valence-electron chi connectivity index (χ1n) is 17.6. The molecule has 2 saturated carbocycles. The summed E-state index contributed by atoms with van der Waals surface area (Å²) in [4.78, 5) is 50.9. The van der Waals surface area contributed by atoms with Crippen molar-refractivity contribution >= 4 is 45.5 Å². The highest BCUT2D eigenvalue weighted by atomic mass is 19.4. The van der Waals surface area contributed by atoms with Gasteiger partial charge in [0, 0.05) is 61.9 Å². The zero-order chi connectivity index (χ0) is 37.7. The maximum Gasteiger partial charge on any atom is 0.392 e. The number of nitrogens with zero attached hydrogens (tertiary/aromatic N) is 8. The predicted molar refractivity (Wildman–Crippen MR) is 186 cm³/mol. The number of anilines is 2. The van der Waals surface area contributed by atoms with Gasteiger partial charge in [0.2, 0.25) is 0 Å². The molecular weight excluding hydrogens is 711 g/mol. The highest BCUT2D eigenvalue weighted by Gasteiger charge is 2.56. The van der Waals surface area contributed by atoms with Gasteiger partial charge in [0.1, 0.15) is 47.1 Å². The number of aromatic carboxylic acids is 1. The molecule has 4 unspecified atom stereocenters. The largest absolute Gasteiger partial charge is 0.476 e. The van der Waals surface area contributed by atoms with Crippen molar-refractivity contribution < 1.29 is 36.9 Å². The zero-order valence-electron chi connectivity index (χ0n) is 29.0. The maximum absolute atomic E-state index is 12.7. The molecule has 10 rings (SSSR count). The van der Waals surface area contributed by atoms with Crippen molar-refractivity contribution in [1.29, 1.82) is 0 Å². The molecule has 0 amide bonds. The number of ketones is 1. The molecule has 54 heavy (non-hydrogen) atoms. The van der Waals surface area contributed by atoms with Crippen LogP contribution in [0.1, 0.15) is 69.8 Å². The van der Waals surface area contributed by atoms with E-state index >= 15 is 0 Å². The summed E-state index contributed by atoms with van der Waals surface area (Å²) in [5.41, 5.74) is 8.23. The number of aromatic nitrogens is 8. The van der Waals surface area contributed by atoms with Crippen LogP contribution in [0.2, 0.25) is 0 Å². The second kappa shape index (κ2) is 13.9. The molecule has 0 spiro atoms. The van der Waals surface area contributed by atoms with Gasteiger partial charge < -0.3 is 39.7 Å². The van der Waals surface area contributed by atoms with Crippen LogP contribution in [0.3, 0.4) is 0 Å². The Kier molecular flexibility index (Phi) is 9.03. The minimum atomic E-state index is -4.24. The van der Waals surface area contributed by atoms with Gasteiger partial charge in [-0.05, 0) is 36.8 Å². The van der Waals surface area contributed by atoms with Crippen molar-refractivity contribution in [3.05, 3.63) is 71.2 Å². The average molecular weight is 748 g/mol. The fraction of sp³-hybridized carbons (Fsp3) is 0.429. The number of carbonyl (C=O) groups excluding carboxylic acids is 1. The molecule has 5 N–H and O–H groups in total. The van der Waals surface area contributed by atoms with Crippen molar-refractivity contribution in [2.24, 2.45) is 23.5 Å². The fourth-order valence-corrected chi connectivity index (χ4v) is 6.95. The molecule has 19 heteroatoms. The number of carboxylic acid groups (broad SMARTS) is 1. The first-order chi connectivity index (χ1) is 26.0. The molecule has 2 aliphatic heterocycles. The molecule has 8 heterocycles. The number of nitrogens with two attached hydrogens (primary N) is 1. The van der Waals surface area contributed by atoms with Gasteiger partial charge in [0.25, 0.3) is 0 Å². The van der Waals surface area contributed by atoms with E-state index in [2.05, 4.69) is 47.1 Å². The van der Waals surface area contributed by atoms with Crippen molar-refractivity contribution in [2.75, 3.05) is 22.9 Å². The average Bonchev–Trinajstić information content (AvgIpc) is 3.67. The van der Waals surface area contributed by atoms with E-state index < -0.39 is 29.8 Å². The summed E-state index contributed by atoms with van der Waals surface area (Å²) < 4.78 is 48.6. The zero-order valence-corrected chi connectivity index (χ0v) is 29.0. The molecule has 4 atom stereocenters. The Morgan fingerprint density at radius 2 is 1.37 bits per heavy atom. The Morgan fingerprint density at radius 3 is 1.83 bits per heavy atom. The summed E-state index contributed by atoms with van der Waals surface area (Å²) in [5, 5.41) is 18.4. The molecule has 0 saturated heterocycles. The van der Waals surface area contributed by atoms with Gasteiger partial charge in [0.05, 0.1) is 29.8 Å². The van der Waals surface area contributed by atoms with Crippen LogP contribution in [-0.4, -0.2) is 82.4 Å². The van der Waals surface area contributed by atoms with Gasteiger partial charge in [0.15, 0.2) is 17.2 Å². The third-order valence-corrected chi connectivity index (χ3v) is 10.3. The number of fused-ring (bicyclic) bond motifs is 4. The number of hydrogen-bond donors (Lipinski definition) is 4. The minimum absolute atomic E-state index is 0.00775. The minimum Gasteiger partial charge on any atom is -0.476 e. The molecule has 0 radical (unpaired) electrons. The topological polar surface area (TPSA) is 222 Å². The van der Waals surface area contributed by atoms with E-state index in [4.69, 9.17) is 19.9 Å². The molecule has 2 aliphatic carbocycles. The van der Waals surface area contributed by atoms with Gasteiger partial charge in [-0.25, -0.2) is 24.7 Å². The van der Waals surface area contributed by atoms with E-state index in [0.29, 0.717) is 73.4 Å². The molecule has 2 fully saturated rings. The van der Waals surface area contributed by atoms with Crippen molar-refractivity contribution in [3.8, 4) is 0 Å². The normalized spacial score (nSPS) is 21.4. The Hall–Kier alpha value is -5.85. The third kappa shape index (κ3) is 6.97. The second-order valence-electron chi connectivity index (χ2n) is 14.0. The molecule has 16 nitrogen and oxygen atoms in total.